The van der Waals surface area contributed by atoms with Gasteiger partial charge in [0.1, 0.15) is 12.4 Å². The van der Waals surface area contributed by atoms with Crippen molar-refractivity contribution >= 4 is 5.97 Å². The summed E-state index contributed by atoms with van der Waals surface area (Å²) in [6.07, 6.45) is 6.83. The molecule has 0 saturated carbocycles. The van der Waals surface area contributed by atoms with Crippen LogP contribution in [0.2, 0.25) is 0 Å². The maximum Gasteiger partial charge on any atom is 0.303 e. The minimum Gasteiger partial charge on any atom is -0.493 e. The van der Waals surface area contributed by atoms with Crippen LogP contribution in [0, 0.1) is 6.92 Å². The Hall–Kier alpha value is -1.62. The Morgan fingerprint density at radius 1 is 1.24 bits per heavy atom. The molecule has 1 aromatic heterocycles. The lowest BCUT2D eigenvalue weighted by Gasteiger charge is -2.12. The fourth-order valence-corrected chi connectivity index (χ4v) is 1.96. The number of nitrogens with zero attached hydrogens (tertiary/aromatic N) is 1. The molecule has 0 atom stereocenters. The fraction of sp³-hybridized carbons (Fsp3) is 0.625. The van der Waals surface area contributed by atoms with Gasteiger partial charge in [-0.1, -0.05) is 19.3 Å². The van der Waals surface area contributed by atoms with Crippen LogP contribution in [0.15, 0.2) is 12.3 Å². The maximum absolute atomic E-state index is 10.8. The zero-order chi connectivity index (χ0) is 15.5. The molecule has 0 aliphatic carbocycles. The van der Waals surface area contributed by atoms with Crippen LogP contribution in [-0.2, 0) is 16.1 Å². The van der Waals surface area contributed by atoms with Crippen molar-refractivity contribution < 1.29 is 19.4 Å². The zero-order valence-corrected chi connectivity index (χ0v) is 12.9. The molecule has 5 nitrogen and oxygen atoms in total. The molecule has 5 heteroatoms. The first-order valence-corrected chi connectivity index (χ1v) is 7.46. The van der Waals surface area contributed by atoms with Crippen molar-refractivity contribution in [2.75, 3.05) is 13.2 Å². The first kappa shape index (κ1) is 17.4. The third-order valence-corrected chi connectivity index (χ3v) is 3.23. The van der Waals surface area contributed by atoms with Crippen molar-refractivity contribution in [2.45, 2.75) is 52.6 Å². The van der Waals surface area contributed by atoms with E-state index in [-0.39, 0.29) is 19.2 Å². The molecule has 0 saturated heterocycles. The standard InChI is InChI=1S/C16H25NO4/c1-13-15(12-21-14(2)19)17-9-8-16(13)20-11-7-5-3-4-6-10-18/h8-9,18H,3-7,10-12H2,1-2H3. The van der Waals surface area contributed by atoms with Crippen LogP contribution < -0.4 is 4.74 Å². The van der Waals surface area contributed by atoms with E-state index >= 15 is 0 Å². The number of carbonyl (C=O) groups is 1. The van der Waals surface area contributed by atoms with Crippen LogP contribution in [0.1, 0.15) is 50.3 Å². The van der Waals surface area contributed by atoms with Gasteiger partial charge in [0.05, 0.1) is 12.3 Å². The highest BCUT2D eigenvalue weighted by Crippen LogP contribution is 2.20. The molecule has 0 aromatic carbocycles. The van der Waals surface area contributed by atoms with E-state index in [0.717, 1.165) is 49.1 Å². The molecule has 118 valence electrons. The molecule has 1 rings (SSSR count). The average molecular weight is 295 g/mol. The summed E-state index contributed by atoms with van der Waals surface area (Å²) in [4.78, 5) is 15.0. The second-order valence-electron chi connectivity index (χ2n) is 5.00. The van der Waals surface area contributed by atoms with Gasteiger partial charge >= 0.3 is 5.97 Å². The number of hydrogen-bond donors (Lipinski definition) is 1. The summed E-state index contributed by atoms with van der Waals surface area (Å²) in [5, 5.41) is 8.69. The van der Waals surface area contributed by atoms with E-state index in [1.165, 1.54) is 6.92 Å². The van der Waals surface area contributed by atoms with Crippen LogP contribution in [0.5, 0.6) is 5.75 Å². The summed E-state index contributed by atoms with van der Waals surface area (Å²) in [5.41, 5.74) is 1.64. The summed E-state index contributed by atoms with van der Waals surface area (Å²) < 4.78 is 10.7. The van der Waals surface area contributed by atoms with Gasteiger partial charge in [0, 0.05) is 25.3 Å². The van der Waals surface area contributed by atoms with Gasteiger partial charge < -0.3 is 14.6 Å². The van der Waals surface area contributed by atoms with Crippen molar-refractivity contribution in [1.82, 2.24) is 4.98 Å². The van der Waals surface area contributed by atoms with Crippen molar-refractivity contribution in [3.8, 4) is 5.75 Å². The van der Waals surface area contributed by atoms with Crippen molar-refractivity contribution in [2.24, 2.45) is 0 Å². The molecule has 0 amide bonds. The zero-order valence-electron chi connectivity index (χ0n) is 12.9. The molecular formula is C16H25NO4. The van der Waals surface area contributed by atoms with Gasteiger partial charge in [-0.2, -0.15) is 0 Å². The predicted molar refractivity (Wildman–Crippen MR) is 80.1 cm³/mol. The fourth-order valence-electron chi connectivity index (χ4n) is 1.96. The highest BCUT2D eigenvalue weighted by Gasteiger charge is 2.07. The predicted octanol–water partition coefficient (Wildman–Crippen LogP) is 2.77. The summed E-state index contributed by atoms with van der Waals surface area (Å²) in [6.45, 7) is 4.42. The van der Waals surface area contributed by atoms with E-state index in [9.17, 15) is 4.79 Å². The lowest BCUT2D eigenvalue weighted by Crippen LogP contribution is -2.05. The number of rotatable bonds is 10. The Morgan fingerprint density at radius 2 is 1.95 bits per heavy atom. The van der Waals surface area contributed by atoms with Gasteiger partial charge in [0.15, 0.2) is 0 Å². The molecule has 0 fully saturated rings. The molecule has 0 unspecified atom stereocenters. The summed E-state index contributed by atoms with van der Waals surface area (Å²) in [6, 6.07) is 1.83. The Morgan fingerprint density at radius 3 is 2.67 bits per heavy atom. The monoisotopic (exact) mass is 295 g/mol. The van der Waals surface area contributed by atoms with Crippen LogP contribution >= 0.6 is 0 Å². The third-order valence-electron chi connectivity index (χ3n) is 3.23. The van der Waals surface area contributed by atoms with Gasteiger partial charge in [-0.3, -0.25) is 9.78 Å². The maximum atomic E-state index is 10.8. The van der Waals surface area contributed by atoms with Gasteiger partial charge in [-0.25, -0.2) is 0 Å². The van der Waals surface area contributed by atoms with Gasteiger partial charge in [-0.15, -0.1) is 0 Å². The van der Waals surface area contributed by atoms with E-state index in [4.69, 9.17) is 14.6 Å². The van der Waals surface area contributed by atoms with E-state index in [1.54, 1.807) is 6.20 Å². The molecule has 1 N–H and O–H groups in total. The number of esters is 1. The number of ether oxygens (including phenoxy) is 2. The number of unbranched alkanes of at least 4 members (excludes halogenated alkanes) is 4. The molecule has 0 spiro atoms. The first-order chi connectivity index (χ1) is 10.1. The minimum absolute atomic E-state index is 0.180. The molecule has 0 radical (unpaired) electrons. The average Bonchev–Trinajstić information content (AvgIpc) is 2.46. The highest BCUT2D eigenvalue weighted by atomic mass is 16.5. The van der Waals surface area contributed by atoms with Gasteiger partial charge in [-0.05, 0) is 25.8 Å². The number of pyridine rings is 1. The number of hydrogen-bond acceptors (Lipinski definition) is 5. The largest absolute Gasteiger partial charge is 0.493 e. The molecule has 1 heterocycles. The number of aliphatic hydroxyl groups is 1. The van der Waals surface area contributed by atoms with Crippen molar-refractivity contribution in [1.29, 1.82) is 0 Å². The van der Waals surface area contributed by atoms with Crippen LogP contribution in [0.3, 0.4) is 0 Å². The summed E-state index contributed by atoms with van der Waals surface area (Å²) in [5.74, 6) is 0.480. The third kappa shape index (κ3) is 7.09. The lowest BCUT2D eigenvalue weighted by atomic mass is 10.1. The molecule has 0 aliphatic rings. The Kier molecular flexibility index (Phi) is 8.43. The summed E-state index contributed by atoms with van der Waals surface area (Å²) >= 11 is 0. The second kappa shape index (κ2) is 10.2. The number of aliphatic hydroxyl groups excluding tert-OH is 1. The molecule has 0 bridgehead atoms. The Balaban J connectivity index is 2.34. The molecule has 0 aliphatic heterocycles. The van der Waals surface area contributed by atoms with E-state index in [2.05, 4.69) is 4.98 Å². The van der Waals surface area contributed by atoms with Gasteiger partial charge in [0.25, 0.3) is 0 Å². The van der Waals surface area contributed by atoms with Crippen LogP contribution in [0.25, 0.3) is 0 Å². The van der Waals surface area contributed by atoms with E-state index in [1.807, 2.05) is 13.0 Å². The van der Waals surface area contributed by atoms with Crippen LogP contribution in [0.4, 0.5) is 0 Å². The molecular weight excluding hydrogens is 270 g/mol. The minimum atomic E-state index is -0.314. The second-order valence-corrected chi connectivity index (χ2v) is 5.00. The summed E-state index contributed by atoms with van der Waals surface area (Å²) in [7, 11) is 0. The molecule has 21 heavy (non-hydrogen) atoms. The SMILES string of the molecule is CC(=O)OCc1nccc(OCCCCCCCO)c1C. The lowest BCUT2D eigenvalue weighted by molar-refractivity contribution is -0.142. The van der Waals surface area contributed by atoms with E-state index < -0.39 is 0 Å². The van der Waals surface area contributed by atoms with Crippen molar-refractivity contribution in [3.63, 3.8) is 0 Å². The highest BCUT2D eigenvalue weighted by molar-refractivity contribution is 5.65. The Labute approximate surface area is 126 Å². The normalized spacial score (nSPS) is 10.4. The van der Waals surface area contributed by atoms with Gasteiger partial charge in [0.2, 0.25) is 0 Å². The topological polar surface area (TPSA) is 68.7 Å². The Bertz CT molecular complexity index is 434. The van der Waals surface area contributed by atoms with E-state index in [0.29, 0.717) is 6.61 Å². The number of carbonyl (C=O) groups excluding carboxylic acids is 1. The quantitative estimate of drug-likeness (QED) is 0.531. The first-order valence-electron chi connectivity index (χ1n) is 7.46. The van der Waals surface area contributed by atoms with Crippen molar-refractivity contribution in [3.05, 3.63) is 23.5 Å². The smallest absolute Gasteiger partial charge is 0.303 e. The molecule has 1 aromatic rings. The van der Waals surface area contributed by atoms with Crippen LogP contribution in [-0.4, -0.2) is 29.3 Å². The number of aromatic nitrogens is 1.